The Morgan fingerprint density at radius 3 is 2.74 bits per heavy atom. The van der Waals surface area contributed by atoms with E-state index in [1.165, 1.54) is 0 Å². The van der Waals surface area contributed by atoms with Gasteiger partial charge < -0.3 is 11.1 Å². The van der Waals surface area contributed by atoms with Gasteiger partial charge in [0.2, 0.25) is 5.91 Å². The summed E-state index contributed by atoms with van der Waals surface area (Å²) in [5.41, 5.74) is 9.36. The van der Waals surface area contributed by atoms with Crippen LogP contribution in [0.4, 0.5) is 5.69 Å². The molecular weight excluding hydrogens is 240 g/mol. The number of hydrogen-bond acceptors (Lipinski definition) is 3. The zero-order chi connectivity index (χ0) is 13.8. The fourth-order valence-electron chi connectivity index (χ4n) is 1.94. The molecule has 0 aliphatic heterocycles. The molecule has 100 valence electrons. The molecule has 3 N–H and O–H groups in total. The molecule has 0 saturated carbocycles. The standard InChI is InChI=1S/C14H18N4O/c1-10-12(9-17-18(10)2)8-16-13-6-4-3-5-11(13)7-14(15)19/h3-6,9,16H,7-8H2,1-2H3,(H2,15,19). The molecule has 0 aliphatic carbocycles. The monoisotopic (exact) mass is 258 g/mol. The molecule has 5 heteroatoms. The van der Waals surface area contributed by atoms with Gasteiger partial charge in [0.05, 0.1) is 12.6 Å². The highest BCUT2D eigenvalue weighted by Gasteiger charge is 2.07. The van der Waals surface area contributed by atoms with Gasteiger partial charge in [-0.2, -0.15) is 5.10 Å². The van der Waals surface area contributed by atoms with Gasteiger partial charge >= 0.3 is 0 Å². The van der Waals surface area contributed by atoms with Gasteiger partial charge in [0.15, 0.2) is 0 Å². The number of benzene rings is 1. The summed E-state index contributed by atoms with van der Waals surface area (Å²) in [4.78, 5) is 11.0. The average Bonchev–Trinajstić information content (AvgIpc) is 2.68. The molecule has 2 aromatic rings. The lowest BCUT2D eigenvalue weighted by Crippen LogP contribution is -2.15. The van der Waals surface area contributed by atoms with Crippen molar-refractivity contribution in [2.45, 2.75) is 19.9 Å². The van der Waals surface area contributed by atoms with Crippen LogP contribution in [0.5, 0.6) is 0 Å². The van der Waals surface area contributed by atoms with E-state index in [1.54, 1.807) is 0 Å². The third-order valence-corrected chi connectivity index (χ3v) is 3.19. The molecule has 0 aliphatic rings. The number of aromatic nitrogens is 2. The van der Waals surface area contributed by atoms with Gasteiger partial charge in [-0.1, -0.05) is 18.2 Å². The van der Waals surface area contributed by atoms with Gasteiger partial charge in [-0.25, -0.2) is 0 Å². The Bertz CT molecular complexity index is 589. The fourth-order valence-corrected chi connectivity index (χ4v) is 1.94. The second-order valence-electron chi connectivity index (χ2n) is 4.53. The molecule has 5 nitrogen and oxygen atoms in total. The maximum atomic E-state index is 11.0. The van der Waals surface area contributed by atoms with Crippen LogP contribution in [0.1, 0.15) is 16.8 Å². The Balaban J connectivity index is 2.11. The summed E-state index contributed by atoms with van der Waals surface area (Å²) < 4.78 is 1.84. The molecule has 0 saturated heterocycles. The molecule has 0 bridgehead atoms. The van der Waals surface area contributed by atoms with Crippen molar-refractivity contribution in [3.63, 3.8) is 0 Å². The zero-order valence-electron chi connectivity index (χ0n) is 11.2. The molecule has 0 radical (unpaired) electrons. The van der Waals surface area contributed by atoms with E-state index in [9.17, 15) is 4.79 Å². The number of primary amides is 1. The molecule has 1 amide bonds. The lowest BCUT2D eigenvalue weighted by atomic mass is 10.1. The van der Waals surface area contributed by atoms with Crippen LogP contribution in [0.25, 0.3) is 0 Å². The lowest BCUT2D eigenvalue weighted by Gasteiger charge is -2.10. The van der Waals surface area contributed by atoms with E-state index < -0.39 is 0 Å². The molecule has 1 aromatic heterocycles. The largest absolute Gasteiger partial charge is 0.381 e. The van der Waals surface area contributed by atoms with Crippen molar-refractivity contribution >= 4 is 11.6 Å². The molecule has 1 heterocycles. The number of carbonyl (C=O) groups excluding carboxylic acids is 1. The Morgan fingerprint density at radius 1 is 1.37 bits per heavy atom. The van der Waals surface area contributed by atoms with Gasteiger partial charge in [-0.3, -0.25) is 9.48 Å². The van der Waals surface area contributed by atoms with Crippen molar-refractivity contribution in [2.75, 3.05) is 5.32 Å². The number of anilines is 1. The summed E-state index contributed by atoms with van der Waals surface area (Å²) in [7, 11) is 1.92. The highest BCUT2D eigenvalue weighted by Crippen LogP contribution is 2.17. The van der Waals surface area contributed by atoms with Crippen LogP contribution in [0.15, 0.2) is 30.5 Å². The topological polar surface area (TPSA) is 72.9 Å². The molecule has 19 heavy (non-hydrogen) atoms. The first-order chi connectivity index (χ1) is 9.08. The van der Waals surface area contributed by atoms with E-state index >= 15 is 0 Å². The quantitative estimate of drug-likeness (QED) is 0.850. The number of para-hydroxylation sites is 1. The first-order valence-electron chi connectivity index (χ1n) is 6.15. The molecule has 0 unspecified atom stereocenters. The normalized spacial score (nSPS) is 10.4. The van der Waals surface area contributed by atoms with Crippen LogP contribution in [-0.4, -0.2) is 15.7 Å². The smallest absolute Gasteiger partial charge is 0.221 e. The molecule has 0 fully saturated rings. The van der Waals surface area contributed by atoms with E-state index in [0.29, 0.717) is 6.54 Å². The highest BCUT2D eigenvalue weighted by molar-refractivity contribution is 5.78. The fraction of sp³-hybridized carbons (Fsp3) is 0.286. The van der Waals surface area contributed by atoms with E-state index in [1.807, 2.05) is 49.1 Å². The van der Waals surface area contributed by atoms with Crippen LogP contribution in [0.3, 0.4) is 0 Å². The van der Waals surface area contributed by atoms with E-state index in [-0.39, 0.29) is 12.3 Å². The van der Waals surface area contributed by atoms with Crippen LogP contribution in [0, 0.1) is 6.92 Å². The van der Waals surface area contributed by atoms with Crippen molar-refractivity contribution in [2.24, 2.45) is 12.8 Å². The number of aryl methyl sites for hydroxylation is 1. The van der Waals surface area contributed by atoms with Crippen LogP contribution < -0.4 is 11.1 Å². The Morgan fingerprint density at radius 2 is 2.11 bits per heavy atom. The minimum Gasteiger partial charge on any atom is -0.381 e. The zero-order valence-corrected chi connectivity index (χ0v) is 11.2. The van der Waals surface area contributed by atoms with Crippen molar-refractivity contribution in [1.29, 1.82) is 0 Å². The second-order valence-corrected chi connectivity index (χ2v) is 4.53. The lowest BCUT2D eigenvalue weighted by molar-refractivity contribution is -0.117. The Labute approximate surface area is 112 Å². The van der Waals surface area contributed by atoms with Gasteiger partial charge in [0.1, 0.15) is 0 Å². The number of nitrogens with zero attached hydrogens (tertiary/aromatic N) is 2. The summed E-state index contributed by atoms with van der Waals surface area (Å²) in [6, 6.07) is 7.69. The molecule has 1 aromatic carbocycles. The highest BCUT2D eigenvalue weighted by atomic mass is 16.1. The molecule has 0 atom stereocenters. The van der Waals surface area contributed by atoms with Crippen LogP contribution >= 0.6 is 0 Å². The van der Waals surface area contributed by atoms with Crippen LogP contribution in [0.2, 0.25) is 0 Å². The van der Waals surface area contributed by atoms with Gasteiger partial charge in [0, 0.05) is 30.5 Å². The summed E-state index contributed by atoms with van der Waals surface area (Å²) in [6.07, 6.45) is 2.09. The van der Waals surface area contributed by atoms with Crippen molar-refractivity contribution in [1.82, 2.24) is 9.78 Å². The maximum Gasteiger partial charge on any atom is 0.221 e. The number of nitrogens with two attached hydrogens (primary N) is 1. The third-order valence-electron chi connectivity index (χ3n) is 3.19. The van der Waals surface area contributed by atoms with E-state index in [2.05, 4.69) is 10.4 Å². The molecular formula is C14H18N4O. The summed E-state index contributed by atoms with van der Waals surface area (Å²) in [6.45, 7) is 2.70. The molecule has 0 spiro atoms. The number of rotatable bonds is 5. The maximum absolute atomic E-state index is 11.0. The van der Waals surface area contributed by atoms with E-state index in [0.717, 1.165) is 22.5 Å². The SMILES string of the molecule is Cc1c(CNc2ccccc2CC(N)=O)cnn1C. The Hall–Kier alpha value is -2.30. The predicted octanol–water partition coefficient (Wildman–Crippen LogP) is 1.37. The first kappa shape index (κ1) is 13.1. The Kier molecular flexibility index (Phi) is 3.85. The predicted molar refractivity (Wildman–Crippen MR) is 74.6 cm³/mol. The summed E-state index contributed by atoms with van der Waals surface area (Å²) in [5.74, 6) is -0.327. The molecule has 2 rings (SSSR count). The summed E-state index contributed by atoms with van der Waals surface area (Å²) in [5, 5.41) is 7.53. The van der Waals surface area contributed by atoms with E-state index in [4.69, 9.17) is 5.73 Å². The van der Waals surface area contributed by atoms with Gasteiger partial charge in [-0.05, 0) is 18.6 Å². The van der Waals surface area contributed by atoms with Crippen molar-refractivity contribution in [3.8, 4) is 0 Å². The minimum absolute atomic E-state index is 0.245. The first-order valence-corrected chi connectivity index (χ1v) is 6.15. The average molecular weight is 258 g/mol. The second kappa shape index (κ2) is 5.56. The van der Waals surface area contributed by atoms with Gasteiger partial charge in [-0.15, -0.1) is 0 Å². The van der Waals surface area contributed by atoms with Crippen molar-refractivity contribution < 1.29 is 4.79 Å². The summed E-state index contributed by atoms with van der Waals surface area (Å²) >= 11 is 0. The number of nitrogens with one attached hydrogen (secondary N) is 1. The number of amides is 1. The number of hydrogen-bond donors (Lipinski definition) is 2. The van der Waals surface area contributed by atoms with Crippen molar-refractivity contribution in [3.05, 3.63) is 47.3 Å². The third kappa shape index (κ3) is 3.13. The van der Waals surface area contributed by atoms with Crippen LogP contribution in [-0.2, 0) is 24.8 Å². The minimum atomic E-state index is -0.327. The van der Waals surface area contributed by atoms with Gasteiger partial charge in [0.25, 0.3) is 0 Å². The number of carbonyl (C=O) groups is 1.